The number of hydrogen-bond donors (Lipinski definition) is 2. The van der Waals surface area contributed by atoms with Crippen molar-refractivity contribution in [3.8, 4) is 0 Å². The summed E-state index contributed by atoms with van der Waals surface area (Å²) in [6.45, 7) is 4.06. The van der Waals surface area contributed by atoms with Crippen molar-refractivity contribution in [1.29, 1.82) is 5.41 Å². The van der Waals surface area contributed by atoms with Crippen LogP contribution in [0, 0.1) is 5.41 Å². The van der Waals surface area contributed by atoms with E-state index in [0.29, 0.717) is 5.96 Å². The molecule has 1 heterocycles. The van der Waals surface area contributed by atoms with Gasteiger partial charge in [0.05, 0.1) is 0 Å². The van der Waals surface area contributed by atoms with Crippen LogP contribution >= 0.6 is 0 Å². The van der Waals surface area contributed by atoms with E-state index in [1.807, 2.05) is 0 Å². The van der Waals surface area contributed by atoms with Crippen LogP contribution in [0.3, 0.4) is 0 Å². The highest BCUT2D eigenvalue weighted by atomic mass is 15.3. The summed E-state index contributed by atoms with van der Waals surface area (Å²) in [5.41, 5.74) is 0. The van der Waals surface area contributed by atoms with Crippen molar-refractivity contribution in [2.24, 2.45) is 0 Å². The lowest BCUT2D eigenvalue weighted by atomic mass is 10.3. The predicted molar refractivity (Wildman–Crippen MR) is 45.9 cm³/mol. The van der Waals surface area contributed by atoms with Crippen molar-refractivity contribution in [2.45, 2.75) is 0 Å². The SMILES string of the molecule is CNC(=N)N1CCN(C)CC1. The molecular weight excluding hydrogens is 140 g/mol. The Morgan fingerprint density at radius 3 is 2.27 bits per heavy atom. The van der Waals surface area contributed by atoms with Gasteiger partial charge in [0.1, 0.15) is 0 Å². The Morgan fingerprint density at radius 1 is 1.27 bits per heavy atom. The molecule has 1 rings (SSSR count). The van der Waals surface area contributed by atoms with Gasteiger partial charge < -0.3 is 15.1 Å². The van der Waals surface area contributed by atoms with E-state index < -0.39 is 0 Å². The van der Waals surface area contributed by atoms with Crippen molar-refractivity contribution >= 4 is 5.96 Å². The van der Waals surface area contributed by atoms with Crippen LogP contribution in [0.25, 0.3) is 0 Å². The maximum absolute atomic E-state index is 7.49. The van der Waals surface area contributed by atoms with E-state index in [1.165, 1.54) is 0 Å². The quantitative estimate of drug-likeness (QED) is 0.363. The normalized spacial score (nSPS) is 20.0. The molecule has 0 amide bonds. The van der Waals surface area contributed by atoms with Gasteiger partial charge >= 0.3 is 0 Å². The Bertz CT molecular complexity index is 137. The maximum Gasteiger partial charge on any atom is 0.190 e. The molecule has 0 aromatic heterocycles. The fourth-order valence-corrected chi connectivity index (χ4v) is 1.19. The Balaban J connectivity index is 2.33. The second kappa shape index (κ2) is 3.57. The molecule has 0 radical (unpaired) electrons. The number of likely N-dealkylation sites (N-methyl/N-ethyl adjacent to an activating group) is 1. The molecule has 0 bridgehead atoms. The highest BCUT2D eigenvalue weighted by Crippen LogP contribution is 1.97. The molecule has 64 valence electrons. The lowest BCUT2D eigenvalue weighted by Gasteiger charge is -2.33. The van der Waals surface area contributed by atoms with Crippen LogP contribution in [-0.4, -0.2) is 56.0 Å². The average Bonchev–Trinajstić information content (AvgIpc) is 2.05. The highest BCUT2D eigenvalue weighted by molar-refractivity contribution is 5.76. The zero-order valence-corrected chi connectivity index (χ0v) is 7.22. The van der Waals surface area contributed by atoms with Gasteiger partial charge in [-0.15, -0.1) is 0 Å². The summed E-state index contributed by atoms with van der Waals surface area (Å²) in [5.74, 6) is 0.540. The van der Waals surface area contributed by atoms with Crippen molar-refractivity contribution in [3.63, 3.8) is 0 Å². The van der Waals surface area contributed by atoms with Crippen molar-refractivity contribution in [3.05, 3.63) is 0 Å². The summed E-state index contributed by atoms with van der Waals surface area (Å²) in [6.07, 6.45) is 0. The van der Waals surface area contributed by atoms with E-state index in [-0.39, 0.29) is 0 Å². The van der Waals surface area contributed by atoms with Crippen LogP contribution in [0.5, 0.6) is 0 Å². The van der Waals surface area contributed by atoms with Gasteiger partial charge in [-0.1, -0.05) is 0 Å². The number of hydrogen-bond acceptors (Lipinski definition) is 2. The van der Waals surface area contributed by atoms with Gasteiger partial charge in [-0.2, -0.15) is 0 Å². The summed E-state index contributed by atoms with van der Waals surface area (Å²) in [4.78, 5) is 4.33. The number of piperazine rings is 1. The number of nitrogens with zero attached hydrogens (tertiary/aromatic N) is 2. The largest absolute Gasteiger partial charge is 0.359 e. The minimum absolute atomic E-state index is 0.540. The molecule has 1 fully saturated rings. The third-order valence-electron chi connectivity index (χ3n) is 2.06. The lowest BCUT2D eigenvalue weighted by Crippen LogP contribution is -2.50. The Hall–Kier alpha value is -0.770. The molecular formula is C7H16N4. The second-order valence-corrected chi connectivity index (χ2v) is 2.89. The molecule has 0 saturated carbocycles. The first-order chi connectivity index (χ1) is 5.24. The van der Waals surface area contributed by atoms with E-state index in [1.54, 1.807) is 7.05 Å². The van der Waals surface area contributed by atoms with Gasteiger partial charge in [0.15, 0.2) is 5.96 Å². The summed E-state index contributed by atoms with van der Waals surface area (Å²) < 4.78 is 0. The molecule has 4 nitrogen and oxygen atoms in total. The first-order valence-electron chi connectivity index (χ1n) is 3.94. The number of nitrogens with one attached hydrogen (secondary N) is 2. The van der Waals surface area contributed by atoms with E-state index in [9.17, 15) is 0 Å². The fourth-order valence-electron chi connectivity index (χ4n) is 1.19. The average molecular weight is 156 g/mol. The summed E-state index contributed by atoms with van der Waals surface area (Å²) in [7, 11) is 3.90. The predicted octanol–water partition coefficient (Wildman–Crippen LogP) is -0.612. The molecule has 0 aliphatic carbocycles. The van der Waals surface area contributed by atoms with E-state index in [0.717, 1.165) is 26.2 Å². The summed E-state index contributed by atoms with van der Waals surface area (Å²) in [6, 6.07) is 0. The standard InChI is InChI=1S/C7H16N4/c1-9-7(8)11-5-3-10(2)4-6-11/h3-6H2,1-2H3,(H2,8,9). The molecule has 1 saturated heterocycles. The van der Waals surface area contributed by atoms with Gasteiger partial charge in [0.25, 0.3) is 0 Å². The van der Waals surface area contributed by atoms with Crippen LogP contribution in [-0.2, 0) is 0 Å². The van der Waals surface area contributed by atoms with Crippen LogP contribution in [0.1, 0.15) is 0 Å². The highest BCUT2D eigenvalue weighted by Gasteiger charge is 2.14. The van der Waals surface area contributed by atoms with Gasteiger partial charge in [0.2, 0.25) is 0 Å². The van der Waals surface area contributed by atoms with E-state index in [4.69, 9.17) is 5.41 Å². The maximum atomic E-state index is 7.49. The first kappa shape index (κ1) is 8.33. The van der Waals surface area contributed by atoms with Crippen LogP contribution in [0.2, 0.25) is 0 Å². The first-order valence-corrected chi connectivity index (χ1v) is 3.94. The zero-order chi connectivity index (χ0) is 8.27. The van der Waals surface area contributed by atoms with Gasteiger partial charge in [-0.05, 0) is 7.05 Å². The molecule has 2 N–H and O–H groups in total. The van der Waals surface area contributed by atoms with Gasteiger partial charge in [-0.25, -0.2) is 0 Å². The summed E-state index contributed by atoms with van der Waals surface area (Å²) >= 11 is 0. The van der Waals surface area contributed by atoms with E-state index in [2.05, 4.69) is 22.2 Å². The van der Waals surface area contributed by atoms with Crippen molar-refractivity contribution in [1.82, 2.24) is 15.1 Å². The fraction of sp³-hybridized carbons (Fsp3) is 0.857. The molecule has 11 heavy (non-hydrogen) atoms. The smallest absolute Gasteiger partial charge is 0.190 e. The van der Waals surface area contributed by atoms with Crippen LogP contribution in [0.15, 0.2) is 0 Å². The van der Waals surface area contributed by atoms with Gasteiger partial charge in [0, 0.05) is 33.2 Å². The van der Waals surface area contributed by atoms with Crippen molar-refractivity contribution in [2.75, 3.05) is 40.3 Å². The molecule has 1 aliphatic heterocycles. The van der Waals surface area contributed by atoms with Crippen LogP contribution < -0.4 is 5.32 Å². The molecule has 0 aromatic carbocycles. The minimum atomic E-state index is 0.540. The van der Waals surface area contributed by atoms with Gasteiger partial charge in [-0.3, -0.25) is 5.41 Å². The molecule has 0 unspecified atom stereocenters. The molecule has 0 atom stereocenters. The summed E-state index contributed by atoms with van der Waals surface area (Å²) in [5, 5.41) is 10.3. The zero-order valence-electron chi connectivity index (χ0n) is 7.22. The molecule has 1 aliphatic rings. The number of rotatable bonds is 0. The topological polar surface area (TPSA) is 42.4 Å². The Morgan fingerprint density at radius 2 is 1.82 bits per heavy atom. The third-order valence-corrected chi connectivity index (χ3v) is 2.06. The second-order valence-electron chi connectivity index (χ2n) is 2.89. The lowest BCUT2D eigenvalue weighted by molar-refractivity contribution is 0.211. The van der Waals surface area contributed by atoms with E-state index >= 15 is 0 Å². The van der Waals surface area contributed by atoms with Crippen LogP contribution in [0.4, 0.5) is 0 Å². The Labute approximate surface area is 67.7 Å². The third kappa shape index (κ3) is 2.08. The van der Waals surface area contributed by atoms with Crippen molar-refractivity contribution < 1.29 is 0 Å². The number of guanidine groups is 1. The molecule has 0 spiro atoms. The molecule has 0 aromatic rings. The Kier molecular flexibility index (Phi) is 2.70. The minimum Gasteiger partial charge on any atom is -0.359 e. The molecule has 4 heteroatoms. The monoisotopic (exact) mass is 156 g/mol.